The van der Waals surface area contributed by atoms with Gasteiger partial charge < -0.3 is 9.47 Å². The van der Waals surface area contributed by atoms with Crippen molar-refractivity contribution < 1.29 is 9.47 Å². The molecule has 1 atom stereocenters. The fourth-order valence-corrected chi connectivity index (χ4v) is 2.38. The van der Waals surface area contributed by atoms with Gasteiger partial charge in [0.15, 0.2) is 0 Å². The first-order valence-electron chi connectivity index (χ1n) is 6.69. The summed E-state index contributed by atoms with van der Waals surface area (Å²) in [4.78, 5) is 2.60. The van der Waals surface area contributed by atoms with E-state index >= 15 is 0 Å². The number of ether oxygens (including phenoxy) is 2. The van der Waals surface area contributed by atoms with Crippen molar-refractivity contribution >= 4 is 0 Å². The number of nitrogens with zero attached hydrogens (tertiary/aromatic N) is 1. The average Bonchev–Trinajstić information content (AvgIpc) is 2.74. The van der Waals surface area contributed by atoms with Gasteiger partial charge in [-0.1, -0.05) is 19.8 Å². The summed E-state index contributed by atoms with van der Waals surface area (Å²) in [5.41, 5.74) is 0. The molecular weight excluding hydrogens is 202 g/mol. The van der Waals surface area contributed by atoms with Crippen LogP contribution in [0.1, 0.15) is 39.0 Å². The third kappa shape index (κ3) is 5.28. The second-order valence-corrected chi connectivity index (χ2v) is 4.58. The monoisotopic (exact) mass is 229 g/mol. The molecule has 1 heterocycles. The molecule has 1 fully saturated rings. The SMILES string of the molecule is CCCCC1CCCN1CCOCCOC. The van der Waals surface area contributed by atoms with E-state index in [1.165, 1.54) is 38.6 Å². The van der Waals surface area contributed by atoms with Crippen LogP contribution in [0.3, 0.4) is 0 Å². The van der Waals surface area contributed by atoms with Gasteiger partial charge in [0.05, 0.1) is 19.8 Å². The lowest BCUT2D eigenvalue weighted by Crippen LogP contribution is -2.32. The maximum atomic E-state index is 5.52. The summed E-state index contributed by atoms with van der Waals surface area (Å²) in [6, 6.07) is 0.825. The van der Waals surface area contributed by atoms with Crippen LogP contribution in [-0.4, -0.2) is 51.0 Å². The van der Waals surface area contributed by atoms with E-state index in [0.717, 1.165) is 25.8 Å². The Morgan fingerprint density at radius 1 is 1.25 bits per heavy atom. The number of likely N-dealkylation sites (tertiary alicyclic amines) is 1. The highest BCUT2D eigenvalue weighted by Gasteiger charge is 2.22. The van der Waals surface area contributed by atoms with Crippen molar-refractivity contribution in [2.24, 2.45) is 0 Å². The molecule has 0 amide bonds. The average molecular weight is 229 g/mol. The van der Waals surface area contributed by atoms with Gasteiger partial charge >= 0.3 is 0 Å². The van der Waals surface area contributed by atoms with E-state index in [1.807, 2.05) is 0 Å². The van der Waals surface area contributed by atoms with E-state index in [0.29, 0.717) is 6.61 Å². The Bertz CT molecular complexity index is 164. The lowest BCUT2D eigenvalue weighted by molar-refractivity contribution is 0.0546. The predicted octanol–water partition coefficient (Wildman–Crippen LogP) is 2.30. The Kier molecular flexibility index (Phi) is 7.81. The fourth-order valence-electron chi connectivity index (χ4n) is 2.38. The van der Waals surface area contributed by atoms with E-state index in [2.05, 4.69) is 11.8 Å². The molecule has 0 aromatic carbocycles. The molecule has 0 saturated carbocycles. The van der Waals surface area contributed by atoms with Gasteiger partial charge in [-0.25, -0.2) is 0 Å². The van der Waals surface area contributed by atoms with E-state index < -0.39 is 0 Å². The van der Waals surface area contributed by atoms with Crippen molar-refractivity contribution in [3.8, 4) is 0 Å². The van der Waals surface area contributed by atoms with E-state index in [1.54, 1.807) is 7.11 Å². The molecule has 1 saturated heterocycles. The molecule has 1 aliphatic heterocycles. The molecule has 1 rings (SSSR count). The van der Waals surface area contributed by atoms with Gasteiger partial charge in [0, 0.05) is 19.7 Å². The summed E-state index contributed by atoms with van der Waals surface area (Å²) in [6.45, 7) is 6.92. The summed E-state index contributed by atoms with van der Waals surface area (Å²) in [7, 11) is 1.71. The number of methoxy groups -OCH3 is 1. The summed E-state index contributed by atoms with van der Waals surface area (Å²) in [6.07, 6.45) is 6.81. The maximum Gasteiger partial charge on any atom is 0.0700 e. The van der Waals surface area contributed by atoms with Crippen molar-refractivity contribution in [1.29, 1.82) is 0 Å². The molecule has 3 heteroatoms. The van der Waals surface area contributed by atoms with Crippen LogP contribution < -0.4 is 0 Å². The Hall–Kier alpha value is -0.120. The standard InChI is InChI=1S/C13H27NO2/c1-3-4-6-13-7-5-8-14(13)9-10-16-12-11-15-2/h13H,3-12H2,1-2H3. The van der Waals surface area contributed by atoms with Crippen LogP contribution in [0.2, 0.25) is 0 Å². The van der Waals surface area contributed by atoms with Crippen molar-refractivity contribution in [2.75, 3.05) is 40.0 Å². The summed E-state index contributed by atoms with van der Waals surface area (Å²) in [5, 5.41) is 0. The second-order valence-electron chi connectivity index (χ2n) is 4.58. The normalized spacial score (nSPS) is 21.8. The molecule has 0 radical (unpaired) electrons. The highest BCUT2D eigenvalue weighted by atomic mass is 16.5. The molecule has 1 aliphatic rings. The second kappa shape index (κ2) is 8.97. The summed E-state index contributed by atoms with van der Waals surface area (Å²) in [5.74, 6) is 0. The molecule has 0 aromatic heterocycles. The first-order valence-corrected chi connectivity index (χ1v) is 6.69. The van der Waals surface area contributed by atoms with Gasteiger partial charge in [-0.2, -0.15) is 0 Å². The van der Waals surface area contributed by atoms with Crippen molar-refractivity contribution in [3.05, 3.63) is 0 Å². The first kappa shape index (κ1) is 13.9. The molecular formula is C13H27NO2. The zero-order valence-electron chi connectivity index (χ0n) is 10.9. The van der Waals surface area contributed by atoms with E-state index in [9.17, 15) is 0 Å². The van der Waals surface area contributed by atoms with Gasteiger partial charge in [0.1, 0.15) is 0 Å². The number of unbranched alkanes of at least 4 members (excludes halogenated alkanes) is 1. The fraction of sp³-hybridized carbons (Fsp3) is 1.00. The van der Waals surface area contributed by atoms with Crippen LogP contribution in [0, 0.1) is 0 Å². The Morgan fingerprint density at radius 3 is 2.88 bits per heavy atom. The van der Waals surface area contributed by atoms with E-state index in [4.69, 9.17) is 9.47 Å². The van der Waals surface area contributed by atoms with Crippen LogP contribution in [-0.2, 0) is 9.47 Å². The van der Waals surface area contributed by atoms with Crippen LogP contribution in [0.4, 0.5) is 0 Å². The van der Waals surface area contributed by atoms with Gasteiger partial charge in [-0.05, 0) is 25.8 Å². The Morgan fingerprint density at radius 2 is 2.12 bits per heavy atom. The maximum absolute atomic E-state index is 5.52. The molecule has 3 nitrogen and oxygen atoms in total. The molecule has 96 valence electrons. The van der Waals surface area contributed by atoms with Crippen LogP contribution in [0.25, 0.3) is 0 Å². The quantitative estimate of drug-likeness (QED) is 0.566. The van der Waals surface area contributed by atoms with Crippen molar-refractivity contribution in [1.82, 2.24) is 4.90 Å². The van der Waals surface area contributed by atoms with Gasteiger partial charge in [-0.3, -0.25) is 4.90 Å². The van der Waals surface area contributed by atoms with Gasteiger partial charge in [-0.15, -0.1) is 0 Å². The summed E-state index contributed by atoms with van der Waals surface area (Å²) >= 11 is 0. The highest BCUT2D eigenvalue weighted by molar-refractivity contribution is 4.78. The third-order valence-electron chi connectivity index (χ3n) is 3.34. The molecule has 0 aromatic rings. The number of hydrogen-bond donors (Lipinski definition) is 0. The van der Waals surface area contributed by atoms with Gasteiger partial charge in [0.2, 0.25) is 0 Å². The van der Waals surface area contributed by atoms with Crippen LogP contribution in [0.5, 0.6) is 0 Å². The molecule has 0 bridgehead atoms. The minimum Gasteiger partial charge on any atom is -0.382 e. The zero-order valence-corrected chi connectivity index (χ0v) is 10.9. The summed E-state index contributed by atoms with van der Waals surface area (Å²) < 4.78 is 10.5. The first-order chi connectivity index (χ1) is 7.88. The lowest BCUT2D eigenvalue weighted by atomic mass is 10.1. The minimum absolute atomic E-state index is 0.708. The molecule has 0 spiro atoms. The van der Waals surface area contributed by atoms with Gasteiger partial charge in [0.25, 0.3) is 0 Å². The molecule has 1 unspecified atom stereocenters. The lowest BCUT2D eigenvalue weighted by Gasteiger charge is -2.24. The number of rotatable bonds is 9. The van der Waals surface area contributed by atoms with Crippen molar-refractivity contribution in [3.63, 3.8) is 0 Å². The predicted molar refractivity (Wildman–Crippen MR) is 66.8 cm³/mol. The Labute approximate surface area is 100 Å². The molecule has 0 N–H and O–H groups in total. The minimum atomic E-state index is 0.708. The molecule has 0 aliphatic carbocycles. The smallest absolute Gasteiger partial charge is 0.0700 e. The highest BCUT2D eigenvalue weighted by Crippen LogP contribution is 2.21. The van der Waals surface area contributed by atoms with Crippen LogP contribution >= 0.6 is 0 Å². The molecule has 16 heavy (non-hydrogen) atoms. The van der Waals surface area contributed by atoms with E-state index in [-0.39, 0.29) is 0 Å². The third-order valence-corrected chi connectivity index (χ3v) is 3.34. The Balaban J connectivity index is 2.05. The largest absolute Gasteiger partial charge is 0.382 e. The van der Waals surface area contributed by atoms with Crippen LogP contribution in [0.15, 0.2) is 0 Å². The van der Waals surface area contributed by atoms with Crippen molar-refractivity contribution in [2.45, 2.75) is 45.1 Å². The topological polar surface area (TPSA) is 21.7 Å². The zero-order chi connectivity index (χ0) is 11.6. The number of hydrogen-bond acceptors (Lipinski definition) is 3.